The molecule has 0 spiro atoms. The number of ether oxygens (including phenoxy) is 2. The number of nitrogens with one attached hydrogen (secondary N) is 4. The average molecular weight is 1460 g/mol. The number of rotatable bonds is 11. The minimum atomic E-state index is -1.86. The first-order chi connectivity index (χ1) is 49.1. The number of esters is 2. The number of anilines is 1. The third-order valence-electron chi connectivity index (χ3n) is 20.6. The van der Waals surface area contributed by atoms with E-state index in [1.54, 1.807) is 80.5 Å². The van der Waals surface area contributed by atoms with E-state index >= 15 is 9.59 Å². The number of cyclic esters (lactones) is 2. The fraction of sp³-hybridized carbons (Fsp3) is 0.571. The van der Waals surface area contributed by atoms with Crippen LogP contribution < -0.4 is 32.4 Å². The highest BCUT2D eigenvalue weighted by atomic mass is 16.6. The van der Waals surface area contributed by atoms with Crippen molar-refractivity contribution in [3.63, 3.8) is 0 Å². The van der Waals surface area contributed by atoms with Gasteiger partial charge in [0.05, 0.1) is 42.0 Å². The van der Waals surface area contributed by atoms with Gasteiger partial charge >= 0.3 is 11.9 Å². The van der Waals surface area contributed by atoms with Crippen molar-refractivity contribution in [2.75, 3.05) is 47.0 Å². The predicted molar refractivity (Wildman–Crippen MR) is 389 cm³/mol. The number of likely N-dealkylation sites (N-methyl/N-ethyl adjacent to an activating group) is 4. The maximum Gasteiger partial charge on any atom is 0.329 e. The average Bonchev–Trinajstić information content (AvgIpc) is 1.28. The number of carbonyl (C=O) groups excluding carboxylic acids is 13. The van der Waals surface area contributed by atoms with Crippen LogP contribution in [0.3, 0.4) is 0 Å². The lowest BCUT2D eigenvalue weighted by Gasteiger charge is -2.35. The van der Waals surface area contributed by atoms with Crippen LogP contribution in [0, 0.1) is 61.2 Å². The predicted octanol–water partition coefficient (Wildman–Crippen LogP) is 5.82. The summed E-state index contributed by atoms with van der Waals surface area (Å²) in [7, 11) is 5.66. The zero-order valence-electron chi connectivity index (χ0n) is 63.8. The van der Waals surface area contributed by atoms with E-state index in [9.17, 15) is 62.6 Å². The fourth-order valence-corrected chi connectivity index (χ4v) is 14.4. The lowest BCUT2D eigenvalue weighted by molar-refractivity contribution is -0.163. The molecule has 105 heavy (non-hydrogen) atoms. The van der Waals surface area contributed by atoms with Crippen LogP contribution in [0.4, 0.5) is 5.69 Å². The van der Waals surface area contributed by atoms with E-state index in [2.05, 4.69) is 21.3 Å². The van der Waals surface area contributed by atoms with Crippen LogP contribution in [-0.4, -0.2) is 196 Å². The number of aromatic hydroxyl groups is 1. The van der Waals surface area contributed by atoms with Gasteiger partial charge in [-0.2, -0.15) is 0 Å². The van der Waals surface area contributed by atoms with Gasteiger partial charge in [0.2, 0.25) is 40.9 Å². The van der Waals surface area contributed by atoms with Gasteiger partial charge in [0.25, 0.3) is 11.8 Å². The number of phenols is 1. The third-order valence-corrected chi connectivity index (χ3v) is 20.6. The van der Waals surface area contributed by atoms with Gasteiger partial charge in [-0.1, -0.05) is 85.9 Å². The van der Waals surface area contributed by atoms with E-state index in [4.69, 9.17) is 24.6 Å². The number of amides is 8. The Balaban J connectivity index is 0.000000911. The summed E-state index contributed by atoms with van der Waals surface area (Å²) in [6.07, 6.45) is 2.03. The molecule has 570 valence electrons. The molecule has 12 atom stereocenters. The molecule has 0 radical (unpaired) electrons. The summed E-state index contributed by atoms with van der Waals surface area (Å²) < 4.78 is 18.3. The number of benzene rings is 3. The molecule has 28 nitrogen and oxygen atoms in total. The Morgan fingerprint density at radius 1 is 0.638 bits per heavy atom. The maximum atomic E-state index is 15.2. The summed E-state index contributed by atoms with van der Waals surface area (Å²) in [5.41, 5.74) is 6.30. The number of allylic oxidation sites excluding steroid dienone is 2. The van der Waals surface area contributed by atoms with Gasteiger partial charge in [0.1, 0.15) is 53.3 Å². The number of nitrogens with zero attached hydrogens (tertiary/aromatic N) is 5. The minimum absolute atomic E-state index is 0.0217. The molecule has 2 saturated heterocycles. The van der Waals surface area contributed by atoms with E-state index < -0.39 is 196 Å². The molecule has 7 N–H and O–H groups in total. The second-order valence-electron chi connectivity index (χ2n) is 30.1. The molecule has 12 unspecified atom stereocenters. The molecule has 0 bridgehead atoms. The van der Waals surface area contributed by atoms with Gasteiger partial charge in [-0.25, -0.2) is 14.6 Å². The van der Waals surface area contributed by atoms with Crippen molar-refractivity contribution in [2.45, 2.75) is 197 Å². The van der Waals surface area contributed by atoms with E-state index in [0.29, 0.717) is 56.1 Å². The van der Waals surface area contributed by atoms with Crippen molar-refractivity contribution in [3.05, 3.63) is 85.6 Å². The number of ketones is 3. The largest absolute Gasteiger partial charge is 0.508 e. The highest BCUT2D eigenvalue weighted by molar-refractivity contribution is 6.11. The molecule has 2 aromatic rings. The van der Waals surface area contributed by atoms with Crippen LogP contribution in [0.5, 0.6) is 5.75 Å². The van der Waals surface area contributed by atoms with Crippen molar-refractivity contribution in [1.82, 2.24) is 45.9 Å². The molecule has 3 aliphatic heterocycles. The first-order valence-corrected chi connectivity index (χ1v) is 36.0. The first-order valence-electron chi connectivity index (χ1n) is 36.0. The van der Waals surface area contributed by atoms with E-state index in [0.717, 1.165) is 15.4 Å². The second-order valence-corrected chi connectivity index (χ2v) is 30.1. The molecular formula is C77H104N10O18. The molecule has 28 heteroatoms. The number of carbonyl (C=O) groups is 13. The molecule has 2 saturated carbocycles. The van der Waals surface area contributed by atoms with Crippen LogP contribution >= 0.6 is 0 Å². The molecule has 3 aliphatic carbocycles. The van der Waals surface area contributed by atoms with Gasteiger partial charge < -0.3 is 65.6 Å². The third kappa shape index (κ3) is 18.3. The number of aryl methyl sites for hydroxylation is 1. The zero-order valence-corrected chi connectivity index (χ0v) is 63.8. The van der Waals surface area contributed by atoms with E-state index in [1.807, 2.05) is 19.9 Å². The number of hydrogen-bond acceptors (Lipinski definition) is 20. The lowest BCUT2D eigenvalue weighted by Crippen LogP contribution is -2.59. The van der Waals surface area contributed by atoms with Crippen molar-refractivity contribution in [2.24, 2.45) is 47.3 Å². The topological polar surface area (TPSA) is 391 Å². The number of fused-ring (bicyclic) bond motifs is 4. The minimum Gasteiger partial charge on any atom is -0.508 e. The highest BCUT2D eigenvalue weighted by Gasteiger charge is 2.48. The Morgan fingerprint density at radius 2 is 1.09 bits per heavy atom. The second kappa shape index (κ2) is 34.4. The molecule has 8 rings (SSSR count). The first kappa shape index (κ1) is 82.4. The molecule has 2 aromatic carbocycles. The van der Waals surface area contributed by atoms with Crippen molar-refractivity contribution >= 4 is 93.3 Å². The summed E-state index contributed by atoms with van der Waals surface area (Å²) in [6.45, 7) is 23.8. The number of nitrogen functional groups attached to an aromatic ring is 1. The molecule has 6 aliphatic rings. The van der Waals surface area contributed by atoms with Crippen molar-refractivity contribution < 1.29 is 81.3 Å². The van der Waals surface area contributed by atoms with Gasteiger partial charge in [-0.3, -0.25) is 57.5 Å². The number of nitrogens with two attached hydrogens (primary N) is 1. The highest BCUT2D eigenvalue weighted by Crippen LogP contribution is 2.39. The van der Waals surface area contributed by atoms with Gasteiger partial charge in [0, 0.05) is 63.0 Å². The lowest BCUT2D eigenvalue weighted by atomic mass is 9.83. The number of hydrogen-bond donors (Lipinski definition) is 6. The molecule has 3 heterocycles. The Labute approximate surface area is 612 Å². The Morgan fingerprint density at radius 3 is 1.51 bits per heavy atom. The van der Waals surface area contributed by atoms with Crippen LogP contribution in [0.2, 0.25) is 0 Å². The van der Waals surface area contributed by atoms with Crippen molar-refractivity contribution in [3.8, 4) is 17.2 Å². The van der Waals surface area contributed by atoms with Gasteiger partial charge in [0.15, 0.2) is 28.7 Å². The number of phenolic OH excluding ortho intramolecular Hbond substituents is 1. The van der Waals surface area contributed by atoms with Gasteiger partial charge in [-0.15, -0.1) is 0 Å². The molecule has 8 amide bonds. The number of aromatic nitrogens is 1. The van der Waals surface area contributed by atoms with Crippen LogP contribution in [0.15, 0.2) is 51.2 Å². The SMILES string of the molecule is CC(=O)c1ccc(O)c(CC=C(C)C)c1.Cc1c2oc3c(C)ccc(C(=O)NC4C(=O)NC(C(C)C)C(=O)C5CCCC5C(=O)N(C)CC(=O)N(C)C(C(C)C)C(=O)OC4C)c3nc-2c(C(=O)NC2C(=O)NC(C(C)C)C(=O)C3CCCC3C(=O)N(C)CC(=O)N(C)C(C(C)C)C(=O)OC2C)c(N)c1=O. The summed E-state index contributed by atoms with van der Waals surface area (Å²) in [5, 5.41) is 20.4. The standard InChI is InChI=1S/C64H88N10O16.C13H16O2/c1-27(2)44-53(78)35-19-17-21-37(35)61(84)71(13)25-40(75)73(15)50(29(5)6)63(86)88-33(11)46(59(82)67-44)69-57(80)39-24-23-31(9)55-48(39)66-49-42(43(65)52(77)32(10)56(49)90-55)58(81)70-47-34(12)89-64(87)51(30(7)8)74(16)41(76)26-72(14)62(85)38-22-18-20-36(38)54(79)45(28(3)4)68-60(47)83;1-9(2)4-5-12-8-11(10(3)14)6-7-13(12)15/h23-24,27-30,33-38,44-47,50-51H,17-22,25-26,65H2,1-16H3,(H,67,82)(H,68,83)(H,69,80)(H,70,81);4,6-8,15H,5H2,1-3H3. The Bertz CT molecular complexity index is 4130. The van der Waals surface area contributed by atoms with E-state index in [1.165, 1.54) is 83.4 Å². The summed E-state index contributed by atoms with van der Waals surface area (Å²) >= 11 is 0. The molecular weight excluding hydrogens is 1350 g/mol. The van der Waals surface area contributed by atoms with Crippen LogP contribution in [0.1, 0.15) is 176 Å². The Hall–Kier alpha value is -9.89. The molecule has 4 fully saturated rings. The Kier molecular flexibility index (Phi) is 27.0. The normalized spacial score (nSPS) is 25.2. The van der Waals surface area contributed by atoms with Crippen LogP contribution in [0.25, 0.3) is 22.6 Å². The molecule has 0 aromatic heterocycles. The van der Waals surface area contributed by atoms with E-state index in [-0.39, 0.29) is 45.2 Å². The summed E-state index contributed by atoms with van der Waals surface area (Å²) in [5.74, 6) is -14.6. The fourth-order valence-electron chi connectivity index (χ4n) is 14.4. The number of Topliss-reactive ketones (excluding diaryl/α,β-unsaturated/α-hetero) is 3. The van der Waals surface area contributed by atoms with Crippen LogP contribution in [-0.2, 0) is 63.8 Å². The monoisotopic (exact) mass is 1460 g/mol. The van der Waals surface area contributed by atoms with Gasteiger partial charge in [-0.05, 0) is 140 Å². The zero-order chi connectivity index (χ0) is 78.4. The quantitative estimate of drug-likeness (QED) is 0.0339. The summed E-state index contributed by atoms with van der Waals surface area (Å²) in [4.78, 5) is 208. The smallest absolute Gasteiger partial charge is 0.329 e. The summed E-state index contributed by atoms with van der Waals surface area (Å²) in [6, 6.07) is -0.751. The maximum absolute atomic E-state index is 15.2. The van der Waals surface area contributed by atoms with Crippen molar-refractivity contribution in [1.29, 1.82) is 0 Å².